The molecule has 1 amide bonds. The summed E-state index contributed by atoms with van der Waals surface area (Å²) in [5.74, 6) is 1.95. The van der Waals surface area contributed by atoms with Crippen LogP contribution in [0.5, 0.6) is 11.5 Å². The molecule has 11 heteroatoms. The Morgan fingerprint density at radius 2 is 1.71 bits per heavy atom. The normalized spacial score (nSPS) is 23.0. The van der Waals surface area contributed by atoms with Crippen LogP contribution in [0.25, 0.3) is 10.9 Å². The maximum atomic E-state index is 14.1. The van der Waals surface area contributed by atoms with Crippen molar-refractivity contribution in [2.45, 2.75) is 68.5 Å². The summed E-state index contributed by atoms with van der Waals surface area (Å²) in [5, 5.41) is 7.68. The molecule has 3 aromatic rings. The fraction of sp³-hybridized carbons (Fsp3) is 0.516. The quantitative estimate of drug-likeness (QED) is 0.338. The van der Waals surface area contributed by atoms with Crippen LogP contribution in [-0.2, 0) is 14.6 Å². The Hall–Kier alpha value is -3.44. The summed E-state index contributed by atoms with van der Waals surface area (Å²) in [6, 6.07) is 11.9. The number of likely N-dealkylation sites (tertiary alicyclic amines) is 1. The van der Waals surface area contributed by atoms with Gasteiger partial charge in [0.25, 0.3) is 0 Å². The summed E-state index contributed by atoms with van der Waals surface area (Å²) in [6.07, 6.45) is 4.88. The Balaban J connectivity index is 1.41. The zero-order chi connectivity index (χ0) is 29.9. The van der Waals surface area contributed by atoms with Crippen molar-refractivity contribution in [2.75, 3.05) is 38.4 Å². The molecular weight excluding hydrogens is 554 g/mol. The number of sulfone groups is 1. The lowest BCUT2D eigenvalue weighted by Gasteiger charge is -2.46. The highest BCUT2D eigenvalue weighted by Crippen LogP contribution is 2.40. The molecule has 1 aliphatic carbocycles. The lowest BCUT2D eigenvalue weighted by atomic mass is 9.79. The fourth-order valence-corrected chi connectivity index (χ4v) is 8.16. The monoisotopic (exact) mass is 595 g/mol. The van der Waals surface area contributed by atoms with Crippen LogP contribution in [0.1, 0.15) is 46.0 Å². The number of rotatable bonds is 11. The van der Waals surface area contributed by atoms with Crippen LogP contribution in [0, 0.1) is 5.92 Å². The number of carbonyl (C=O) groups excluding carboxylic acids is 1. The third-order valence-electron chi connectivity index (χ3n) is 8.52. The van der Waals surface area contributed by atoms with Gasteiger partial charge in [0.2, 0.25) is 5.91 Å². The first-order chi connectivity index (χ1) is 20.2. The highest BCUT2D eigenvalue weighted by molar-refractivity contribution is 7.91. The number of amides is 1. The summed E-state index contributed by atoms with van der Waals surface area (Å²) in [6.45, 7) is 5.75. The average molecular weight is 596 g/mol. The van der Waals surface area contributed by atoms with E-state index in [9.17, 15) is 13.2 Å². The topological polar surface area (TPSA) is 123 Å². The van der Waals surface area contributed by atoms with Crippen molar-refractivity contribution in [3.8, 4) is 11.5 Å². The highest BCUT2D eigenvalue weighted by atomic mass is 32.2. The van der Waals surface area contributed by atoms with Gasteiger partial charge in [-0.2, -0.15) is 0 Å². The summed E-state index contributed by atoms with van der Waals surface area (Å²) >= 11 is 0. The standard InChI is InChI=1S/C31H41N5O5S/c1-21(2)18-32-22-10-13-31(14-11-22,19-42(38,39)23-8-6-5-7-9-23)36-15-12-25(30(36)37)35-29-24-16-27(40-3)28(41-4)17-26(24)33-20-34-29/h5-9,16-17,20-22,25,32H,10-15,18-19H2,1-4H3,(H,33,34,35)/t22?,25-,31?/m0/s1. The SMILES string of the molecule is COc1cc2ncnc(N[C@H]3CCN(C4(CS(=O)(=O)c5ccccc5)CCC(NCC(C)C)CC4)C3=O)c2cc1OC. The third kappa shape index (κ3) is 6.17. The van der Waals surface area contributed by atoms with Crippen LogP contribution in [0.2, 0.25) is 0 Å². The second-order valence-electron chi connectivity index (χ2n) is 11.8. The first kappa shape index (κ1) is 30.0. The van der Waals surface area contributed by atoms with Gasteiger partial charge in [-0.05, 0) is 62.8 Å². The molecule has 1 saturated heterocycles. The molecule has 0 radical (unpaired) electrons. The van der Waals surface area contributed by atoms with Gasteiger partial charge in [0.1, 0.15) is 18.2 Å². The molecule has 1 atom stereocenters. The van der Waals surface area contributed by atoms with Crippen LogP contribution in [0.15, 0.2) is 53.7 Å². The van der Waals surface area contributed by atoms with Gasteiger partial charge in [0, 0.05) is 24.0 Å². The molecule has 42 heavy (non-hydrogen) atoms. The minimum Gasteiger partial charge on any atom is -0.493 e. The van der Waals surface area contributed by atoms with E-state index < -0.39 is 21.4 Å². The van der Waals surface area contributed by atoms with Gasteiger partial charge in [-0.25, -0.2) is 18.4 Å². The van der Waals surface area contributed by atoms with Crippen molar-refractivity contribution < 1.29 is 22.7 Å². The van der Waals surface area contributed by atoms with Crippen LogP contribution in [-0.4, -0.2) is 79.9 Å². The van der Waals surface area contributed by atoms with Crippen molar-refractivity contribution in [3.63, 3.8) is 0 Å². The Labute approximate surface area is 248 Å². The zero-order valence-corrected chi connectivity index (χ0v) is 25.6. The van der Waals surface area contributed by atoms with E-state index in [2.05, 4.69) is 34.4 Å². The van der Waals surface area contributed by atoms with Crippen molar-refractivity contribution in [1.82, 2.24) is 20.2 Å². The van der Waals surface area contributed by atoms with Gasteiger partial charge in [-0.3, -0.25) is 4.79 Å². The Kier molecular flexibility index (Phi) is 8.89. The fourth-order valence-electron chi connectivity index (χ4n) is 6.27. The molecule has 0 unspecified atom stereocenters. The second-order valence-corrected chi connectivity index (χ2v) is 13.8. The molecular formula is C31H41N5O5S. The largest absolute Gasteiger partial charge is 0.493 e. The minimum absolute atomic E-state index is 0.0905. The van der Waals surface area contributed by atoms with Gasteiger partial charge < -0.3 is 25.0 Å². The van der Waals surface area contributed by atoms with Crippen LogP contribution in [0.4, 0.5) is 5.82 Å². The van der Waals surface area contributed by atoms with Gasteiger partial charge in [0.05, 0.1) is 35.9 Å². The predicted molar refractivity (Wildman–Crippen MR) is 163 cm³/mol. The van der Waals surface area contributed by atoms with Gasteiger partial charge >= 0.3 is 0 Å². The molecule has 0 bridgehead atoms. The smallest absolute Gasteiger partial charge is 0.245 e. The van der Waals surface area contributed by atoms with E-state index in [0.717, 1.165) is 19.4 Å². The molecule has 2 fully saturated rings. The van der Waals surface area contributed by atoms with Gasteiger partial charge in [-0.15, -0.1) is 0 Å². The molecule has 2 heterocycles. The van der Waals surface area contributed by atoms with E-state index in [-0.39, 0.29) is 11.7 Å². The number of nitrogens with zero attached hydrogens (tertiary/aromatic N) is 3. The molecule has 2 aliphatic rings. The molecule has 10 nitrogen and oxygen atoms in total. The average Bonchev–Trinajstić information content (AvgIpc) is 3.36. The second kappa shape index (κ2) is 12.4. The molecule has 226 valence electrons. The number of nitrogens with one attached hydrogen (secondary N) is 2. The summed E-state index contributed by atoms with van der Waals surface area (Å²) < 4.78 is 38.3. The molecule has 2 aromatic carbocycles. The van der Waals surface area contributed by atoms with Crippen LogP contribution in [0.3, 0.4) is 0 Å². The molecule has 2 N–H and O–H groups in total. The number of hydrogen-bond donors (Lipinski definition) is 2. The van der Waals surface area contributed by atoms with Crippen molar-refractivity contribution in [3.05, 3.63) is 48.8 Å². The minimum atomic E-state index is -3.62. The van der Waals surface area contributed by atoms with E-state index in [0.29, 0.717) is 70.9 Å². The lowest BCUT2D eigenvalue weighted by Crippen LogP contribution is -2.58. The van der Waals surface area contributed by atoms with E-state index >= 15 is 0 Å². The summed E-state index contributed by atoms with van der Waals surface area (Å²) in [5.41, 5.74) is -0.118. The maximum Gasteiger partial charge on any atom is 0.245 e. The van der Waals surface area contributed by atoms with Crippen LogP contribution < -0.4 is 20.1 Å². The van der Waals surface area contributed by atoms with Crippen LogP contribution >= 0.6 is 0 Å². The summed E-state index contributed by atoms with van der Waals surface area (Å²) in [4.78, 5) is 25.0. The van der Waals surface area contributed by atoms with E-state index in [1.54, 1.807) is 50.6 Å². The molecule has 0 spiro atoms. The Bertz CT molecular complexity index is 1510. The van der Waals surface area contributed by atoms with Crippen molar-refractivity contribution in [2.24, 2.45) is 5.92 Å². The number of ether oxygens (including phenoxy) is 2. The molecule has 1 aromatic heterocycles. The number of hydrogen-bond acceptors (Lipinski definition) is 9. The van der Waals surface area contributed by atoms with E-state index in [4.69, 9.17) is 9.47 Å². The van der Waals surface area contributed by atoms with Gasteiger partial charge in [-0.1, -0.05) is 32.0 Å². The number of benzene rings is 2. The van der Waals surface area contributed by atoms with E-state index in [1.165, 1.54) is 6.33 Å². The Morgan fingerprint density at radius 1 is 1.02 bits per heavy atom. The first-order valence-corrected chi connectivity index (χ1v) is 16.3. The number of carbonyl (C=O) groups is 1. The number of fused-ring (bicyclic) bond motifs is 1. The third-order valence-corrected chi connectivity index (χ3v) is 10.4. The Morgan fingerprint density at radius 3 is 2.38 bits per heavy atom. The number of anilines is 1. The summed E-state index contributed by atoms with van der Waals surface area (Å²) in [7, 11) is -0.492. The number of methoxy groups -OCH3 is 2. The zero-order valence-electron chi connectivity index (χ0n) is 24.8. The van der Waals surface area contributed by atoms with Crippen molar-refractivity contribution in [1.29, 1.82) is 0 Å². The predicted octanol–water partition coefficient (Wildman–Crippen LogP) is 4.06. The first-order valence-electron chi connectivity index (χ1n) is 14.6. The van der Waals surface area contributed by atoms with Crippen molar-refractivity contribution >= 4 is 32.5 Å². The lowest BCUT2D eigenvalue weighted by molar-refractivity contribution is -0.134. The van der Waals surface area contributed by atoms with Gasteiger partial charge in [0.15, 0.2) is 21.3 Å². The number of aromatic nitrogens is 2. The molecule has 1 saturated carbocycles. The molecule has 1 aliphatic heterocycles. The molecule has 5 rings (SSSR count). The van der Waals surface area contributed by atoms with E-state index in [1.807, 2.05) is 11.0 Å². The highest BCUT2D eigenvalue weighted by Gasteiger charge is 2.49. The maximum absolute atomic E-state index is 14.1.